The van der Waals surface area contributed by atoms with E-state index < -0.39 is 0 Å². The van der Waals surface area contributed by atoms with E-state index in [0.717, 1.165) is 35.3 Å². The predicted molar refractivity (Wildman–Crippen MR) is 93.1 cm³/mol. The lowest BCUT2D eigenvalue weighted by atomic mass is 9.89. The van der Waals surface area contributed by atoms with Gasteiger partial charge in [0.2, 0.25) is 0 Å². The number of ether oxygens (including phenoxy) is 2. The van der Waals surface area contributed by atoms with E-state index >= 15 is 0 Å². The number of fused-ring (bicyclic) bond motifs is 3. The zero-order valence-corrected chi connectivity index (χ0v) is 14.4. The topological polar surface area (TPSA) is 35.5 Å². The Balaban J connectivity index is 1.76. The Bertz CT molecular complexity index is 808. The number of esters is 1. The second-order valence-corrected chi connectivity index (χ2v) is 6.90. The number of carbonyl (C=O) groups is 1. The summed E-state index contributed by atoms with van der Waals surface area (Å²) < 4.78 is 12.0. The second-order valence-electron chi connectivity index (χ2n) is 6.90. The molecule has 0 unspecified atom stereocenters. The second kappa shape index (κ2) is 5.66. The van der Waals surface area contributed by atoms with Crippen molar-refractivity contribution in [2.75, 3.05) is 0 Å². The third-order valence-electron chi connectivity index (χ3n) is 5.53. The summed E-state index contributed by atoms with van der Waals surface area (Å²) in [7, 11) is 0. The fraction of sp³-hybridized carbons (Fsp3) is 0.381. The maximum absolute atomic E-state index is 12.5. The van der Waals surface area contributed by atoms with E-state index in [4.69, 9.17) is 9.47 Å². The van der Waals surface area contributed by atoms with Crippen molar-refractivity contribution in [1.82, 2.24) is 0 Å². The fourth-order valence-electron chi connectivity index (χ4n) is 4.14. The molecule has 1 heterocycles. The number of hydrogen-bond donors (Lipinski definition) is 0. The molecule has 3 heteroatoms. The van der Waals surface area contributed by atoms with Gasteiger partial charge in [0.05, 0.1) is 5.56 Å². The van der Waals surface area contributed by atoms with Crippen molar-refractivity contribution >= 4 is 5.97 Å². The van der Waals surface area contributed by atoms with E-state index in [0.29, 0.717) is 23.3 Å². The number of hydrogen-bond acceptors (Lipinski definition) is 3. The Morgan fingerprint density at radius 3 is 2.54 bits per heavy atom. The van der Waals surface area contributed by atoms with E-state index in [-0.39, 0.29) is 5.97 Å². The molecule has 0 radical (unpaired) electrons. The van der Waals surface area contributed by atoms with E-state index in [1.807, 2.05) is 25.1 Å². The van der Waals surface area contributed by atoms with Crippen molar-refractivity contribution < 1.29 is 14.3 Å². The molecule has 1 aliphatic heterocycles. The molecular weight excluding hydrogens is 300 g/mol. The van der Waals surface area contributed by atoms with Gasteiger partial charge in [-0.1, -0.05) is 18.2 Å². The lowest BCUT2D eigenvalue weighted by Gasteiger charge is -2.18. The maximum atomic E-state index is 12.5. The van der Waals surface area contributed by atoms with Gasteiger partial charge >= 0.3 is 5.97 Å². The van der Waals surface area contributed by atoms with Crippen LogP contribution in [0, 0.1) is 20.8 Å². The quantitative estimate of drug-likeness (QED) is 0.585. The first-order valence-electron chi connectivity index (χ1n) is 8.65. The van der Waals surface area contributed by atoms with Crippen LogP contribution in [0.1, 0.15) is 57.8 Å². The van der Waals surface area contributed by atoms with Gasteiger partial charge in [-0.2, -0.15) is 0 Å². The molecule has 2 aliphatic rings. The zero-order chi connectivity index (χ0) is 16.8. The summed E-state index contributed by atoms with van der Waals surface area (Å²) in [5, 5.41) is 0. The molecule has 0 bridgehead atoms. The normalized spacial score (nSPS) is 21.1. The highest BCUT2D eigenvalue weighted by Gasteiger charge is 2.41. The number of rotatable bonds is 2. The average Bonchev–Trinajstić information content (AvgIpc) is 3.18. The summed E-state index contributed by atoms with van der Waals surface area (Å²) in [6.07, 6.45) is 3.79. The van der Waals surface area contributed by atoms with Crippen LogP contribution in [-0.4, -0.2) is 12.1 Å². The first-order valence-corrected chi connectivity index (χ1v) is 8.65. The van der Waals surface area contributed by atoms with Crippen molar-refractivity contribution in [3.8, 4) is 11.5 Å². The van der Waals surface area contributed by atoms with Crippen molar-refractivity contribution in [2.24, 2.45) is 0 Å². The van der Waals surface area contributed by atoms with E-state index in [9.17, 15) is 4.79 Å². The molecule has 1 fully saturated rings. The highest BCUT2D eigenvalue weighted by molar-refractivity contribution is 5.91. The van der Waals surface area contributed by atoms with Crippen LogP contribution in [0.5, 0.6) is 11.5 Å². The van der Waals surface area contributed by atoms with Gasteiger partial charge in [-0.25, -0.2) is 4.79 Å². The monoisotopic (exact) mass is 322 g/mol. The van der Waals surface area contributed by atoms with E-state index in [1.165, 1.54) is 12.0 Å². The molecule has 24 heavy (non-hydrogen) atoms. The minimum Gasteiger partial charge on any atom is -0.489 e. The molecule has 0 aromatic heterocycles. The molecule has 0 amide bonds. The molecule has 2 aromatic carbocycles. The van der Waals surface area contributed by atoms with Gasteiger partial charge in [0.1, 0.15) is 17.6 Å². The third kappa shape index (κ3) is 2.22. The maximum Gasteiger partial charge on any atom is 0.343 e. The Hall–Kier alpha value is -2.29. The molecule has 124 valence electrons. The van der Waals surface area contributed by atoms with Gasteiger partial charge < -0.3 is 9.47 Å². The number of carbonyl (C=O) groups excluding carboxylic acids is 1. The molecule has 0 saturated heterocycles. The molecule has 2 aromatic rings. The van der Waals surface area contributed by atoms with Crippen molar-refractivity contribution in [3.63, 3.8) is 0 Å². The van der Waals surface area contributed by atoms with Crippen LogP contribution in [0.25, 0.3) is 0 Å². The first kappa shape index (κ1) is 15.3. The first-order chi connectivity index (χ1) is 11.6. The SMILES string of the molecule is Cc1c(C)c2c(c(C)c1OC(=O)c1ccccc1)[C@@H]1CCC[C@@H]1O2. The van der Waals surface area contributed by atoms with Crippen LogP contribution in [-0.2, 0) is 0 Å². The Kier molecular flexibility index (Phi) is 3.60. The van der Waals surface area contributed by atoms with Crippen molar-refractivity contribution in [1.29, 1.82) is 0 Å². The average molecular weight is 322 g/mol. The fourth-order valence-corrected chi connectivity index (χ4v) is 4.14. The van der Waals surface area contributed by atoms with Crippen LogP contribution in [0.2, 0.25) is 0 Å². The van der Waals surface area contributed by atoms with Crippen LogP contribution >= 0.6 is 0 Å². The van der Waals surface area contributed by atoms with E-state index in [1.54, 1.807) is 12.1 Å². The number of benzene rings is 2. The van der Waals surface area contributed by atoms with Gasteiger partial charge in [0.25, 0.3) is 0 Å². The highest BCUT2D eigenvalue weighted by atomic mass is 16.5. The van der Waals surface area contributed by atoms with Crippen LogP contribution in [0.15, 0.2) is 30.3 Å². The minimum absolute atomic E-state index is 0.303. The molecule has 1 saturated carbocycles. The Morgan fingerprint density at radius 2 is 1.79 bits per heavy atom. The van der Waals surface area contributed by atoms with Gasteiger partial charge in [-0.15, -0.1) is 0 Å². The standard InChI is InChI=1S/C21H22O3/c1-12-13(2)20-18(16-10-7-11-17(16)23-20)14(3)19(12)24-21(22)15-8-5-4-6-9-15/h4-6,8-9,16-17H,7,10-11H2,1-3H3/t16-,17+/m1/s1. The Labute approximate surface area is 142 Å². The summed E-state index contributed by atoms with van der Waals surface area (Å²) in [4.78, 5) is 12.5. The van der Waals surface area contributed by atoms with Gasteiger partial charge in [-0.3, -0.25) is 0 Å². The van der Waals surface area contributed by atoms with Gasteiger partial charge in [-0.05, 0) is 68.9 Å². The molecule has 4 rings (SSSR count). The minimum atomic E-state index is -0.303. The molecule has 0 spiro atoms. The third-order valence-corrected chi connectivity index (χ3v) is 5.53. The van der Waals surface area contributed by atoms with Gasteiger partial charge in [0.15, 0.2) is 0 Å². The van der Waals surface area contributed by atoms with Crippen LogP contribution < -0.4 is 9.47 Å². The zero-order valence-electron chi connectivity index (χ0n) is 14.4. The van der Waals surface area contributed by atoms with Crippen LogP contribution in [0.4, 0.5) is 0 Å². The smallest absolute Gasteiger partial charge is 0.343 e. The molecule has 3 nitrogen and oxygen atoms in total. The van der Waals surface area contributed by atoms with Crippen LogP contribution in [0.3, 0.4) is 0 Å². The molecule has 0 N–H and O–H groups in total. The summed E-state index contributed by atoms with van der Waals surface area (Å²) >= 11 is 0. The van der Waals surface area contributed by atoms with Crippen molar-refractivity contribution in [2.45, 2.75) is 52.1 Å². The molecule has 1 aliphatic carbocycles. The Morgan fingerprint density at radius 1 is 1.04 bits per heavy atom. The lowest BCUT2D eigenvalue weighted by molar-refractivity contribution is 0.0732. The summed E-state index contributed by atoms with van der Waals surface area (Å²) in [6, 6.07) is 9.15. The van der Waals surface area contributed by atoms with E-state index in [2.05, 4.69) is 13.8 Å². The summed E-state index contributed by atoms with van der Waals surface area (Å²) in [5.41, 5.74) is 4.99. The highest BCUT2D eigenvalue weighted by Crippen LogP contribution is 2.52. The lowest BCUT2D eigenvalue weighted by Crippen LogP contribution is -2.12. The summed E-state index contributed by atoms with van der Waals surface area (Å²) in [5.74, 6) is 1.88. The van der Waals surface area contributed by atoms with Crippen molar-refractivity contribution in [3.05, 3.63) is 58.1 Å². The summed E-state index contributed by atoms with van der Waals surface area (Å²) in [6.45, 7) is 6.13. The largest absolute Gasteiger partial charge is 0.489 e. The molecular formula is C21H22O3. The van der Waals surface area contributed by atoms with Gasteiger partial charge in [0, 0.05) is 11.5 Å². The molecule has 2 atom stereocenters. The predicted octanol–water partition coefficient (Wildman–Crippen LogP) is 4.86.